The smallest absolute Gasteiger partial charge is 0.480 e. The molecule has 1 rings (SSSR count). The monoisotopic (exact) mass is 523 g/mol. The van der Waals surface area contributed by atoms with Gasteiger partial charge in [-0.2, -0.15) is 0 Å². The Hall–Kier alpha value is -3.14. The van der Waals surface area contributed by atoms with Crippen LogP contribution in [0.5, 0.6) is 11.5 Å². The van der Waals surface area contributed by atoms with E-state index >= 15 is 0 Å². The summed E-state index contributed by atoms with van der Waals surface area (Å²) in [5, 5.41) is 9.65. The maximum absolute atomic E-state index is 12.4. The SMILES string of the molecule is CCCCC(=O)Oc1ccc(C(C(C)COC(=O)OC(C)(C)C)[C@H](N)C(=O)O)cc1OC(=O)CCCC. The summed E-state index contributed by atoms with van der Waals surface area (Å²) in [5.41, 5.74) is 5.69. The van der Waals surface area contributed by atoms with E-state index in [0.29, 0.717) is 18.4 Å². The van der Waals surface area contributed by atoms with E-state index in [1.165, 1.54) is 12.1 Å². The van der Waals surface area contributed by atoms with Crippen LogP contribution in [0.15, 0.2) is 18.2 Å². The van der Waals surface area contributed by atoms with Crippen LogP contribution in [-0.4, -0.2) is 47.4 Å². The predicted octanol–water partition coefficient (Wildman–Crippen LogP) is 4.96. The van der Waals surface area contributed by atoms with Crippen molar-refractivity contribution in [3.05, 3.63) is 23.8 Å². The molecule has 1 aromatic carbocycles. The molecule has 10 nitrogen and oxygen atoms in total. The molecule has 0 heterocycles. The van der Waals surface area contributed by atoms with Gasteiger partial charge in [-0.1, -0.05) is 39.7 Å². The lowest BCUT2D eigenvalue weighted by molar-refractivity contribution is -0.139. The fourth-order valence-corrected chi connectivity index (χ4v) is 3.51. The van der Waals surface area contributed by atoms with Crippen LogP contribution in [0.2, 0.25) is 0 Å². The average molecular weight is 524 g/mol. The largest absolute Gasteiger partial charge is 0.508 e. The van der Waals surface area contributed by atoms with Crippen molar-refractivity contribution in [1.29, 1.82) is 0 Å². The molecule has 0 aliphatic rings. The lowest BCUT2D eigenvalue weighted by Crippen LogP contribution is -2.41. The van der Waals surface area contributed by atoms with Crippen LogP contribution in [0.3, 0.4) is 0 Å². The van der Waals surface area contributed by atoms with Crippen molar-refractivity contribution < 1.29 is 43.2 Å². The van der Waals surface area contributed by atoms with Crippen LogP contribution in [-0.2, 0) is 23.9 Å². The molecule has 0 aliphatic heterocycles. The molecular formula is C27H41NO9. The van der Waals surface area contributed by atoms with E-state index < -0.39 is 47.5 Å². The molecule has 0 amide bonds. The molecule has 3 atom stereocenters. The molecule has 0 saturated heterocycles. The summed E-state index contributed by atoms with van der Waals surface area (Å²) in [4.78, 5) is 48.4. The van der Waals surface area contributed by atoms with Gasteiger partial charge in [0.15, 0.2) is 11.5 Å². The number of carboxylic acid groups (broad SMARTS) is 1. The lowest BCUT2D eigenvalue weighted by Gasteiger charge is -2.28. The van der Waals surface area contributed by atoms with Gasteiger partial charge in [-0.25, -0.2) is 4.79 Å². The van der Waals surface area contributed by atoms with Gasteiger partial charge in [-0.15, -0.1) is 0 Å². The molecule has 0 saturated carbocycles. The van der Waals surface area contributed by atoms with Gasteiger partial charge in [0, 0.05) is 18.8 Å². The molecule has 0 bridgehead atoms. The number of aliphatic carboxylic acids is 1. The van der Waals surface area contributed by atoms with E-state index in [1.54, 1.807) is 33.8 Å². The zero-order chi connectivity index (χ0) is 28.2. The van der Waals surface area contributed by atoms with Gasteiger partial charge in [-0.05, 0) is 57.2 Å². The van der Waals surface area contributed by atoms with Crippen LogP contribution in [0, 0.1) is 5.92 Å². The second-order valence-corrected chi connectivity index (χ2v) is 10.0. The topological polar surface area (TPSA) is 151 Å². The molecule has 0 radical (unpaired) electrons. The Morgan fingerprint density at radius 1 is 0.946 bits per heavy atom. The average Bonchev–Trinajstić information content (AvgIpc) is 2.80. The number of hydrogen-bond acceptors (Lipinski definition) is 9. The van der Waals surface area contributed by atoms with Crippen molar-refractivity contribution in [3.63, 3.8) is 0 Å². The summed E-state index contributed by atoms with van der Waals surface area (Å²) in [5.74, 6) is -3.59. The zero-order valence-corrected chi connectivity index (χ0v) is 22.7. The number of nitrogens with two attached hydrogens (primary N) is 1. The molecule has 3 N–H and O–H groups in total. The Morgan fingerprint density at radius 2 is 1.49 bits per heavy atom. The van der Waals surface area contributed by atoms with E-state index in [0.717, 1.165) is 12.8 Å². The summed E-state index contributed by atoms with van der Waals surface area (Å²) in [6, 6.07) is 3.09. The molecule has 0 fully saturated rings. The second kappa shape index (κ2) is 15.2. The second-order valence-electron chi connectivity index (χ2n) is 10.0. The highest BCUT2D eigenvalue weighted by Gasteiger charge is 2.33. The maximum Gasteiger partial charge on any atom is 0.508 e. The van der Waals surface area contributed by atoms with Crippen LogP contribution < -0.4 is 15.2 Å². The van der Waals surface area contributed by atoms with Crippen LogP contribution in [0.1, 0.15) is 91.5 Å². The van der Waals surface area contributed by atoms with Crippen molar-refractivity contribution in [2.75, 3.05) is 6.61 Å². The third kappa shape index (κ3) is 11.6. The van der Waals surface area contributed by atoms with Crippen molar-refractivity contribution >= 4 is 24.1 Å². The quantitative estimate of drug-likeness (QED) is 0.253. The lowest BCUT2D eigenvalue weighted by atomic mass is 9.82. The summed E-state index contributed by atoms with van der Waals surface area (Å²) in [6.45, 7) is 10.5. The number of carbonyl (C=O) groups is 4. The highest BCUT2D eigenvalue weighted by molar-refractivity contribution is 5.77. The van der Waals surface area contributed by atoms with E-state index in [2.05, 4.69) is 0 Å². The number of carboxylic acids is 1. The number of benzene rings is 1. The molecule has 0 aliphatic carbocycles. The van der Waals surface area contributed by atoms with Gasteiger partial charge < -0.3 is 29.8 Å². The first-order chi connectivity index (χ1) is 17.3. The normalized spacial score (nSPS) is 13.7. The number of esters is 2. The minimum absolute atomic E-state index is 0.00805. The van der Waals surface area contributed by atoms with Crippen LogP contribution in [0.25, 0.3) is 0 Å². The van der Waals surface area contributed by atoms with Gasteiger partial charge in [0.2, 0.25) is 0 Å². The molecule has 208 valence electrons. The molecule has 2 unspecified atom stereocenters. The fraction of sp³-hybridized carbons (Fsp3) is 0.630. The molecular weight excluding hydrogens is 482 g/mol. The molecule has 10 heteroatoms. The van der Waals surface area contributed by atoms with Gasteiger partial charge in [0.25, 0.3) is 0 Å². The number of rotatable bonds is 14. The molecule has 0 aromatic heterocycles. The Labute approximate surface area is 218 Å². The van der Waals surface area contributed by atoms with E-state index in [-0.39, 0.29) is 30.9 Å². The van der Waals surface area contributed by atoms with Crippen molar-refractivity contribution in [1.82, 2.24) is 0 Å². The third-order valence-electron chi connectivity index (χ3n) is 5.41. The van der Waals surface area contributed by atoms with E-state index in [4.69, 9.17) is 24.7 Å². The first-order valence-corrected chi connectivity index (χ1v) is 12.7. The van der Waals surface area contributed by atoms with E-state index in [9.17, 15) is 24.3 Å². The Balaban J connectivity index is 3.29. The van der Waals surface area contributed by atoms with Gasteiger partial charge >= 0.3 is 24.1 Å². The maximum atomic E-state index is 12.4. The summed E-state index contributed by atoms with van der Waals surface area (Å²) < 4.78 is 21.3. The number of ether oxygens (including phenoxy) is 4. The Kier molecular flexibility index (Phi) is 13.1. The number of unbranched alkanes of at least 4 members (excludes halogenated alkanes) is 2. The molecule has 37 heavy (non-hydrogen) atoms. The molecule has 1 aromatic rings. The summed E-state index contributed by atoms with van der Waals surface area (Å²) >= 11 is 0. The Bertz CT molecular complexity index is 923. The highest BCUT2D eigenvalue weighted by Crippen LogP contribution is 2.36. The van der Waals surface area contributed by atoms with E-state index in [1.807, 2.05) is 13.8 Å². The first-order valence-electron chi connectivity index (χ1n) is 12.7. The third-order valence-corrected chi connectivity index (χ3v) is 5.41. The summed E-state index contributed by atoms with van der Waals surface area (Å²) in [7, 11) is 0. The van der Waals surface area contributed by atoms with Crippen molar-refractivity contribution in [2.24, 2.45) is 11.7 Å². The van der Waals surface area contributed by atoms with Gasteiger partial charge in [0.1, 0.15) is 11.6 Å². The fourth-order valence-electron chi connectivity index (χ4n) is 3.51. The minimum Gasteiger partial charge on any atom is -0.480 e. The summed E-state index contributed by atoms with van der Waals surface area (Å²) in [6.07, 6.45) is 2.35. The highest BCUT2D eigenvalue weighted by atomic mass is 16.7. The standard InChI is InChI=1S/C27H41NO9/c1-7-9-11-21(29)35-19-14-13-18(15-20(19)36-22(30)12-10-8-2)23(24(28)25(31)32)17(3)16-34-26(33)37-27(4,5)6/h13-15,17,23-24H,7-12,16,28H2,1-6H3,(H,31,32)/t17?,23?,24-/m0/s1. The zero-order valence-electron chi connectivity index (χ0n) is 22.7. The minimum atomic E-state index is -1.36. The predicted molar refractivity (Wildman–Crippen MR) is 136 cm³/mol. The van der Waals surface area contributed by atoms with Crippen LogP contribution in [0.4, 0.5) is 4.79 Å². The van der Waals surface area contributed by atoms with Crippen molar-refractivity contribution in [3.8, 4) is 11.5 Å². The van der Waals surface area contributed by atoms with Gasteiger partial charge in [0.05, 0.1) is 6.61 Å². The number of hydrogen-bond donors (Lipinski definition) is 2. The Morgan fingerprint density at radius 3 is 1.97 bits per heavy atom. The van der Waals surface area contributed by atoms with Crippen molar-refractivity contribution in [2.45, 2.75) is 97.6 Å². The van der Waals surface area contributed by atoms with Gasteiger partial charge in [-0.3, -0.25) is 14.4 Å². The number of carbonyl (C=O) groups excluding carboxylic acids is 3. The molecule has 0 spiro atoms. The first kappa shape index (κ1) is 31.9. The van der Waals surface area contributed by atoms with Crippen LogP contribution >= 0.6 is 0 Å².